The van der Waals surface area contributed by atoms with Gasteiger partial charge in [0.1, 0.15) is 0 Å². The van der Waals surface area contributed by atoms with Crippen molar-refractivity contribution in [3.63, 3.8) is 0 Å². The smallest absolute Gasteiger partial charge is 0.165 e. The molecule has 0 aromatic heterocycles. The highest BCUT2D eigenvalue weighted by Gasteiger charge is 2.31. The third-order valence-corrected chi connectivity index (χ3v) is 4.09. The Kier molecular flexibility index (Phi) is 5.00. The number of unbranched alkanes of at least 4 members (excludes halogenated alkanes) is 1. The van der Waals surface area contributed by atoms with Crippen LogP contribution in [0.5, 0.6) is 0 Å². The number of hydrogen-bond acceptors (Lipinski definition) is 2. The normalized spacial score (nSPS) is 27.4. The molecule has 1 aliphatic rings. The minimum Gasteiger partial charge on any atom is -0.350 e. The second kappa shape index (κ2) is 6.53. The van der Waals surface area contributed by atoms with Gasteiger partial charge in [-0.15, -0.1) is 0 Å². The van der Waals surface area contributed by atoms with Gasteiger partial charge in [-0.1, -0.05) is 44.5 Å². The zero-order valence-electron chi connectivity index (χ0n) is 12.4. The molecule has 0 bridgehead atoms. The van der Waals surface area contributed by atoms with Gasteiger partial charge in [0.15, 0.2) is 5.79 Å². The van der Waals surface area contributed by atoms with E-state index in [-0.39, 0.29) is 5.79 Å². The van der Waals surface area contributed by atoms with E-state index in [0.717, 1.165) is 19.6 Å². The van der Waals surface area contributed by atoms with Crippen molar-refractivity contribution in [2.24, 2.45) is 0 Å². The van der Waals surface area contributed by atoms with E-state index in [1.54, 1.807) is 0 Å². The number of rotatable bonds is 5. The first-order valence-corrected chi connectivity index (χ1v) is 7.53. The third kappa shape index (κ3) is 3.80. The number of hydrogen-bond donors (Lipinski definition) is 0. The molecule has 1 aromatic rings. The molecule has 1 aliphatic heterocycles. The highest BCUT2D eigenvalue weighted by atomic mass is 16.7. The Balaban J connectivity index is 1.92. The van der Waals surface area contributed by atoms with Crippen molar-refractivity contribution in [2.45, 2.75) is 58.2 Å². The zero-order valence-corrected chi connectivity index (χ0v) is 12.4. The molecular formula is C17H26O2. The average Bonchev–Trinajstić information content (AvgIpc) is 2.47. The molecule has 1 fully saturated rings. The largest absolute Gasteiger partial charge is 0.350 e. The second-order valence-electron chi connectivity index (χ2n) is 5.65. The highest BCUT2D eigenvalue weighted by Crippen LogP contribution is 2.29. The van der Waals surface area contributed by atoms with E-state index in [4.69, 9.17) is 9.47 Å². The molecule has 0 aliphatic carbocycles. The van der Waals surface area contributed by atoms with E-state index in [0.29, 0.717) is 5.92 Å². The highest BCUT2D eigenvalue weighted by molar-refractivity contribution is 5.26. The first kappa shape index (κ1) is 14.5. The predicted octanol–water partition coefficient (Wildman–Crippen LogP) is 4.29. The molecule has 0 radical (unpaired) electrons. The van der Waals surface area contributed by atoms with Crippen LogP contribution in [0.2, 0.25) is 0 Å². The first-order valence-electron chi connectivity index (χ1n) is 7.53. The Morgan fingerprint density at radius 2 is 1.74 bits per heavy atom. The molecule has 0 atom stereocenters. The molecule has 1 saturated heterocycles. The summed E-state index contributed by atoms with van der Waals surface area (Å²) in [6.45, 7) is 7.88. The number of benzene rings is 1. The third-order valence-electron chi connectivity index (χ3n) is 4.09. The summed E-state index contributed by atoms with van der Waals surface area (Å²) in [5.74, 6) is -0.00255. The molecule has 2 rings (SSSR count). The molecule has 2 nitrogen and oxygen atoms in total. The predicted molar refractivity (Wildman–Crippen MR) is 78.4 cm³/mol. The molecular weight excluding hydrogens is 236 g/mol. The van der Waals surface area contributed by atoms with Crippen molar-refractivity contribution in [3.05, 3.63) is 35.4 Å². The lowest BCUT2D eigenvalue weighted by molar-refractivity contribution is -0.263. The maximum Gasteiger partial charge on any atom is 0.165 e. The SMILES string of the molecule is CCCCc1ccc(C2COC(C)(CC)OC2)cc1. The lowest BCUT2D eigenvalue weighted by Gasteiger charge is -2.37. The van der Waals surface area contributed by atoms with Crippen molar-refractivity contribution in [1.82, 2.24) is 0 Å². The maximum absolute atomic E-state index is 5.85. The van der Waals surface area contributed by atoms with Gasteiger partial charge < -0.3 is 9.47 Å². The molecule has 1 heterocycles. The minimum absolute atomic E-state index is 0.375. The quantitative estimate of drug-likeness (QED) is 0.788. The van der Waals surface area contributed by atoms with Gasteiger partial charge >= 0.3 is 0 Å². The van der Waals surface area contributed by atoms with Crippen molar-refractivity contribution < 1.29 is 9.47 Å². The summed E-state index contributed by atoms with van der Waals surface area (Å²) in [5, 5.41) is 0. The standard InChI is InChI=1S/C17H26O2/c1-4-6-7-14-8-10-15(11-9-14)16-12-18-17(3,5-2)19-13-16/h8-11,16H,4-7,12-13H2,1-3H3. The van der Waals surface area contributed by atoms with Crippen molar-refractivity contribution in [1.29, 1.82) is 0 Å². The van der Waals surface area contributed by atoms with Crippen molar-refractivity contribution in [2.75, 3.05) is 13.2 Å². The van der Waals surface area contributed by atoms with Gasteiger partial charge in [0.2, 0.25) is 0 Å². The maximum atomic E-state index is 5.85. The summed E-state index contributed by atoms with van der Waals surface area (Å²) in [6, 6.07) is 8.96. The topological polar surface area (TPSA) is 18.5 Å². The van der Waals surface area contributed by atoms with Crippen LogP contribution < -0.4 is 0 Å². The Hall–Kier alpha value is -0.860. The van der Waals surface area contributed by atoms with E-state index >= 15 is 0 Å². The Bertz CT molecular complexity index is 375. The van der Waals surface area contributed by atoms with Crippen LogP contribution in [-0.4, -0.2) is 19.0 Å². The van der Waals surface area contributed by atoms with Crippen molar-refractivity contribution >= 4 is 0 Å². The van der Waals surface area contributed by atoms with E-state index in [9.17, 15) is 0 Å². The molecule has 0 N–H and O–H groups in total. The van der Waals surface area contributed by atoms with Gasteiger partial charge in [-0.2, -0.15) is 0 Å². The summed E-state index contributed by atoms with van der Waals surface area (Å²) in [6.07, 6.45) is 4.60. The van der Waals surface area contributed by atoms with Crippen molar-refractivity contribution in [3.8, 4) is 0 Å². The van der Waals surface area contributed by atoms with Crippen LogP contribution in [0.1, 0.15) is 57.1 Å². The zero-order chi connectivity index (χ0) is 13.7. The fourth-order valence-electron chi connectivity index (χ4n) is 2.38. The number of ether oxygens (including phenoxy) is 2. The van der Waals surface area contributed by atoms with E-state index in [2.05, 4.69) is 38.1 Å². The first-order chi connectivity index (χ1) is 9.17. The summed E-state index contributed by atoms with van der Waals surface area (Å²) < 4.78 is 11.7. The molecule has 0 amide bonds. The average molecular weight is 262 g/mol. The molecule has 106 valence electrons. The molecule has 0 saturated carbocycles. The lowest BCUT2D eigenvalue weighted by atomic mass is 9.97. The summed E-state index contributed by atoms with van der Waals surface area (Å²) >= 11 is 0. The molecule has 2 heteroatoms. The van der Waals surface area contributed by atoms with Gasteiger partial charge in [-0.3, -0.25) is 0 Å². The van der Waals surface area contributed by atoms with Gasteiger partial charge in [-0.05, 0) is 37.3 Å². The van der Waals surface area contributed by atoms with E-state index < -0.39 is 0 Å². The fourth-order valence-corrected chi connectivity index (χ4v) is 2.38. The van der Waals surface area contributed by atoms with Gasteiger partial charge in [0.25, 0.3) is 0 Å². The summed E-state index contributed by atoms with van der Waals surface area (Å²) in [5.41, 5.74) is 2.76. The van der Waals surface area contributed by atoms with Gasteiger partial charge in [0.05, 0.1) is 13.2 Å². The summed E-state index contributed by atoms with van der Waals surface area (Å²) in [4.78, 5) is 0. The fraction of sp³-hybridized carbons (Fsp3) is 0.647. The number of aryl methyl sites for hydroxylation is 1. The molecule has 0 unspecified atom stereocenters. The Morgan fingerprint density at radius 3 is 2.26 bits per heavy atom. The molecule has 19 heavy (non-hydrogen) atoms. The van der Waals surface area contributed by atoms with Crippen LogP contribution in [0.25, 0.3) is 0 Å². The Labute approximate surface area is 117 Å². The lowest BCUT2D eigenvalue weighted by Crippen LogP contribution is -2.40. The Morgan fingerprint density at radius 1 is 1.11 bits per heavy atom. The van der Waals surface area contributed by atoms with Crippen LogP contribution in [0.4, 0.5) is 0 Å². The van der Waals surface area contributed by atoms with Crippen LogP contribution >= 0.6 is 0 Å². The van der Waals surface area contributed by atoms with Crippen LogP contribution in [-0.2, 0) is 15.9 Å². The van der Waals surface area contributed by atoms with Crippen LogP contribution in [0.15, 0.2) is 24.3 Å². The van der Waals surface area contributed by atoms with Gasteiger partial charge in [-0.25, -0.2) is 0 Å². The van der Waals surface area contributed by atoms with Crippen LogP contribution in [0.3, 0.4) is 0 Å². The minimum atomic E-state index is -0.377. The monoisotopic (exact) mass is 262 g/mol. The van der Waals surface area contributed by atoms with Gasteiger partial charge in [0, 0.05) is 5.92 Å². The van der Waals surface area contributed by atoms with E-state index in [1.165, 1.54) is 30.4 Å². The van der Waals surface area contributed by atoms with Crippen LogP contribution in [0, 0.1) is 0 Å². The molecule has 1 aromatic carbocycles. The summed E-state index contributed by atoms with van der Waals surface area (Å²) in [7, 11) is 0. The van der Waals surface area contributed by atoms with E-state index in [1.807, 2.05) is 6.92 Å². The molecule has 0 spiro atoms. The second-order valence-corrected chi connectivity index (χ2v) is 5.65.